The maximum Gasteiger partial charge on any atom is 0.328 e. The quantitative estimate of drug-likeness (QED) is 0.809. The van der Waals surface area contributed by atoms with Crippen LogP contribution in [-0.4, -0.2) is 34.0 Å². The summed E-state index contributed by atoms with van der Waals surface area (Å²) in [5.41, 5.74) is 1.14. The molecule has 2 aromatic rings. The molecule has 0 aliphatic carbocycles. The van der Waals surface area contributed by atoms with Gasteiger partial charge < -0.3 is 10.2 Å². The molecule has 0 saturated carbocycles. The summed E-state index contributed by atoms with van der Waals surface area (Å²) in [4.78, 5) is 51.4. The van der Waals surface area contributed by atoms with E-state index in [1.807, 2.05) is 31.2 Å². The molecule has 1 aliphatic heterocycles. The smallest absolute Gasteiger partial charge is 0.328 e. The monoisotopic (exact) mass is 356 g/mol. The van der Waals surface area contributed by atoms with Gasteiger partial charge in [-0.1, -0.05) is 17.7 Å². The second-order valence-electron chi connectivity index (χ2n) is 6.51. The summed E-state index contributed by atoms with van der Waals surface area (Å²) in [6.07, 6.45) is 1.55. The minimum absolute atomic E-state index is 0.0591. The number of hydrogen-bond donors (Lipinski definition) is 2. The number of aromatic amines is 1. The lowest BCUT2D eigenvalue weighted by Gasteiger charge is -2.17. The molecule has 2 heterocycles. The minimum atomic E-state index is -0.639. The van der Waals surface area contributed by atoms with Gasteiger partial charge in [-0.25, -0.2) is 4.79 Å². The SMILES string of the molecule is Cc1ccc(N2CC(NC(=O)Cn3cc(C)c(=O)[nH]c3=O)CC2=O)cc1. The average molecular weight is 356 g/mol. The number of H-pyrrole nitrogens is 1. The van der Waals surface area contributed by atoms with Gasteiger partial charge in [-0.15, -0.1) is 0 Å². The van der Waals surface area contributed by atoms with Crippen molar-refractivity contribution in [1.29, 1.82) is 0 Å². The first-order valence-corrected chi connectivity index (χ1v) is 8.30. The molecule has 136 valence electrons. The van der Waals surface area contributed by atoms with Crippen LogP contribution in [0.1, 0.15) is 17.5 Å². The Bertz CT molecular complexity index is 958. The van der Waals surface area contributed by atoms with Gasteiger partial charge in [0.1, 0.15) is 6.54 Å². The number of amides is 2. The van der Waals surface area contributed by atoms with Crippen LogP contribution >= 0.6 is 0 Å². The topological polar surface area (TPSA) is 104 Å². The predicted octanol–water partition coefficient (Wildman–Crippen LogP) is 0.0751. The Labute approximate surface area is 149 Å². The third kappa shape index (κ3) is 3.74. The lowest BCUT2D eigenvalue weighted by molar-refractivity contribution is -0.122. The Morgan fingerprint density at radius 2 is 1.88 bits per heavy atom. The van der Waals surface area contributed by atoms with Gasteiger partial charge in [0.15, 0.2) is 0 Å². The Morgan fingerprint density at radius 1 is 1.19 bits per heavy atom. The highest BCUT2D eigenvalue weighted by molar-refractivity contribution is 5.96. The minimum Gasteiger partial charge on any atom is -0.349 e. The highest BCUT2D eigenvalue weighted by atomic mass is 16.2. The van der Waals surface area contributed by atoms with Gasteiger partial charge in [0.05, 0.1) is 6.04 Å². The zero-order chi connectivity index (χ0) is 18.8. The van der Waals surface area contributed by atoms with E-state index >= 15 is 0 Å². The standard InChI is InChI=1S/C18H20N4O4/c1-11-3-5-14(6-4-11)22-9-13(7-16(22)24)19-15(23)10-21-8-12(2)17(25)20-18(21)26/h3-6,8,13H,7,9-10H2,1-2H3,(H,19,23)(H,20,25,26). The molecule has 2 N–H and O–H groups in total. The molecule has 8 nitrogen and oxygen atoms in total. The van der Waals surface area contributed by atoms with E-state index in [2.05, 4.69) is 10.3 Å². The van der Waals surface area contributed by atoms with Crippen LogP contribution in [0.15, 0.2) is 40.1 Å². The largest absolute Gasteiger partial charge is 0.349 e. The fraction of sp³-hybridized carbons (Fsp3) is 0.333. The molecule has 3 rings (SSSR count). The van der Waals surface area contributed by atoms with Crippen LogP contribution in [0.4, 0.5) is 5.69 Å². The van der Waals surface area contributed by atoms with Crippen LogP contribution < -0.4 is 21.5 Å². The van der Waals surface area contributed by atoms with Crippen molar-refractivity contribution in [2.75, 3.05) is 11.4 Å². The zero-order valence-corrected chi connectivity index (χ0v) is 14.6. The molecule has 1 fully saturated rings. The second kappa shape index (κ2) is 6.99. The molecular formula is C18H20N4O4. The van der Waals surface area contributed by atoms with Crippen molar-refractivity contribution in [1.82, 2.24) is 14.9 Å². The molecular weight excluding hydrogens is 336 g/mol. The molecule has 0 radical (unpaired) electrons. The highest BCUT2D eigenvalue weighted by Gasteiger charge is 2.31. The van der Waals surface area contributed by atoms with Crippen molar-refractivity contribution in [3.05, 3.63) is 62.4 Å². The van der Waals surface area contributed by atoms with E-state index in [1.54, 1.807) is 11.8 Å². The molecule has 1 aliphatic rings. The summed E-state index contributed by atoms with van der Waals surface area (Å²) in [5.74, 6) is -0.446. The van der Waals surface area contributed by atoms with Crippen LogP contribution in [0.5, 0.6) is 0 Å². The summed E-state index contributed by atoms with van der Waals surface area (Å²) >= 11 is 0. The van der Waals surface area contributed by atoms with E-state index in [9.17, 15) is 19.2 Å². The first-order chi connectivity index (χ1) is 12.3. The third-order valence-electron chi connectivity index (χ3n) is 4.34. The zero-order valence-electron chi connectivity index (χ0n) is 14.6. The number of nitrogens with one attached hydrogen (secondary N) is 2. The average Bonchev–Trinajstić information content (AvgIpc) is 2.93. The van der Waals surface area contributed by atoms with Crippen molar-refractivity contribution >= 4 is 17.5 Å². The maximum atomic E-state index is 12.2. The van der Waals surface area contributed by atoms with Gasteiger partial charge in [0, 0.05) is 30.4 Å². The van der Waals surface area contributed by atoms with E-state index in [4.69, 9.17) is 0 Å². The maximum absolute atomic E-state index is 12.2. The first kappa shape index (κ1) is 17.7. The summed E-state index contributed by atoms with van der Waals surface area (Å²) in [6, 6.07) is 7.29. The van der Waals surface area contributed by atoms with E-state index in [0.29, 0.717) is 12.1 Å². The molecule has 0 spiro atoms. The molecule has 1 unspecified atom stereocenters. The summed E-state index contributed by atoms with van der Waals surface area (Å²) in [6.45, 7) is 3.69. The van der Waals surface area contributed by atoms with Gasteiger partial charge in [-0.3, -0.25) is 23.9 Å². The summed E-state index contributed by atoms with van der Waals surface area (Å²) in [5, 5.41) is 2.78. The van der Waals surface area contributed by atoms with Crippen molar-refractivity contribution in [3.63, 3.8) is 0 Å². The van der Waals surface area contributed by atoms with Crippen LogP contribution in [-0.2, 0) is 16.1 Å². The number of carbonyl (C=O) groups excluding carboxylic acids is 2. The number of rotatable bonds is 4. The Kier molecular flexibility index (Phi) is 4.75. The fourth-order valence-electron chi connectivity index (χ4n) is 2.94. The number of hydrogen-bond acceptors (Lipinski definition) is 4. The number of aromatic nitrogens is 2. The number of carbonyl (C=O) groups is 2. The van der Waals surface area contributed by atoms with Crippen LogP contribution in [0.3, 0.4) is 0 Å². The Hall–Kier alpha value is -3.16. The lowest BCUT2D eigenvalue weighted by Crippen LogP contribution is -2.41. The van der Waals surface area contributed by atoms with Crippen LogP contribution in [0.2, 0.25) is 0 Å². The van der Waals surface area contributed by atoms with Gasteiger partial charge in [-0.05, 0) is 26.0 Å². The number of aryl methyl sites for hydroxylation is 2. The Balaban J connectivity index is 1.65. The molecule has 8 heteroatoms. The lowest BCUT2D eigenvalue weighted by atomic mass is 10.2. The van der Waals surface area contributed by atoms with Gasteiger partial charge in [-0.2, -0.15) is 0 Å². The van der Waals surface area contributed by atoms with Gasteiger partial charge in [0.25, 0.3) is 5.56 Å². The van der Waals surface area contributed by atoms with E-state index < -0.39 is 11.2 Å². The highest BCUT2D eigenvalue weighted by Crippen LogP contribution is 2.21. The van der Waals surface area contributed by atoms with E-state index in [1.165, 1.54) is 6.20 Å². The van der Waals surface area contributed by atoms with Crippen molar-refractivity contribution < 1.29 is 9.59 Å². The van der Waals surface area contributed by atoms with E-state index in [0.717, 1.165) is 15.8 Å². The fourth-order valence-corrected chi connectivity index (χ4v) is 2.94. The first-order valence-electron chi connectivity index (χ1n) is 8.30. The normalized spacial score (nSPS) is 16.8. The van der Waals surface area contributed by atoms with Gasteiger partial charge in [0.2, 0.25) is 11.8 Å². The van der Waals surface area contributed by atoms with Gasteiger partial charge >= 0.3 is 5.69 Å². The molecule has 1 atom stereocenters. The number of anilines is 1. The van der Waals surface area contributed by atoms with Crippen LogP contribution in [0.25, 0.3) is 0 Å². The second-order valence-corrected chi connectivity index (χ2v) is 6.51. The summed E-state index contributed by atoms with van der Waals surface area (Å²) < 4.78 is 1.14. The van der Waals surface area contributed by atoms with Crippen molar-refractivity contribution in [2.24, 2.45) is 0 Å². The van der Waals surface area contributed by atoms with Crippen molar-refractivity contribution in [3.8, 4) is 0 Å². The molecule has 1 saturated heterocycles. The predicted molar refractivity (Wildman–Crippen MR) is 96.1 cm³/mol. The number of nitrogens with zero attached hydrogens (tertiary/aromatic N) is 2. The summed E-state index contributed by atoms with van der Waals surface area (Å²) in [7, 11) is 0. The third-order valence-corrected chi connectivity index (χ3v) is 4.34. The van der Waals surface area contributed by atoms with Crippen molar-refractivity contribution in [2.45, 2.75) is 32.9 Å². The number of benzene rings is 1. The Morgan fingerprint density at radius 3 is 2.58 bits per heavy atom. The molecule has 0 bridgehead atoms. The molecule has 1 aromatic carbocycles. The van der Waals surface area contributed by atoms with E-state index in [-0.39, 0.29) is 30.8 Å². The van der Waals surface area contributed by atoms with Crippen LogP contribution in [0, 0.1) is 13.8 Å². The molecule has 2 amide bonds. The molecule has 1 aromatic heterocycles. The molecule has 26 heavy (non-hydrogen) atoms.